The van der Waals surface area contributed by atoms with Gasteiger partial charge in [-0.25, -0.2) is 8.42 Å². The van der Waals surface area contributed by atoms with Crippen LogP contribution in [0.15, 0.2) is 77.0 Å². The first-order valence-electron chi connectivity index (χ1n) is 13.3. The first kappa shape index (κ1) is 30.5. The fourth-order valence-corrected chi connectivity index (χ4v) is 6.87. The van der Waals surface area contributed by atoms with Crippen molar-refractivity contribution in [3.8, 4) is 11.5 Å². The van der Waals surface area contributed by atoms with Crippen LogP contribution in [0.25, 0.3) is 10.8 Å². The van der Waals surface area contributed by atoms with E-state index in [1.54, 1.807) is 48.7 Å². The first-order valence-corrected chi connectivity index (χ1v) is 15.6. The number of hydrogen-bond acceptors (Lipinski definition) is 7. The number of ether oxygens (including phenoxy) is 3. The van der Waals surface area contributed by atoms with Gasteiger partial charge in [-0.2, -0.15) is 4.31 Å². The lowest BCUT2D eigenvalue weighted by molar-refractivity contribution is -0.132. The van der Waals surface area contributed by atoms with Gasteiger partial charge < -0.3 is 19.1 Å². The molecule has 0 atom stereocenters. The second-order valence-corrected chi connectivity index (χ2v) is 12.6. The van der Waals surface area contributed by atoms with Crippen molar-refractivity contribution >= 4 is 38.0 Å². The molecule has 0 aliphatic heterocycles. The summed E-state index contributed by atoms with van der Waals surface area (Å²) in [6.45, 7) is 2.73. The molecule has 0 N–H and O–H groups in total. The van der Waals surface area contributed by atoms with Gasteiger partial charge in [-0.05, 0) is 71.0 Å². The van der Waals surface area contributed by atoms with Gasteiger partial charge in [0.25, 0.3) is 0 Å². The number of fused-ring (bicyclic) bond motifs is 1. The third-order valence-corrected chi connectivity index (χ3v) is 9.84. The molecule has 1 heterocycles. The van der Waals surface area contributed by atoms with E-state index < -0.39 is 10.0 Å². The summed E-state index contributed by atoms with van der Waals surface area (Å²) in [4.78, 5) is 16.8. The van der Waals surface area contributed by atoms with Crippen LogP contribution in [0, 0.1) is 6.92 Å². The normalized spacial score (nSPS) is 11.6. The van der Waals surface area contributed by atoms with Crippen LogP contribution in [-0.2, 0) is 32.5 Å². The van der Waals surface area contributed by atoms with Crippen LogP contribution in [0.5, 0.6) is 11.5 Å². The smallest absolute Gasteiger partial charge is 0.243 e. The van der Waals surface area contributed by atoms with E-state index in [1.165, 1.54) is 11.4 Å². The Morgan fingerprint density at radius 3 is 2.32 bits per heavy atom. The zero-order chi connectivity index (χ0) is 29.4. The van der Waals surface area contributed by atoms with E-state index in [2.05, 4.69) is 0 Å². The van der Waals surface area contributed by atoms with Gasteiger partial charge in [0.15, 0.2) is 11.5 Å². The molecular formula is C31H36N2O6S2. The molecule has 4 rings (SSSR count). The molecule has 0 unspecified atom stereocenters. The van der Waals surface area contributed by atoms with Crippen LogP contribution >= 0.6 is 11.3 Å². The summed E-state index contributed by atoms with van der Waals surface area (Å²) in [6, 6.07) is 20.3. The molecule has 3 aromatic carbocycles. The first-order chi connectivity index (χ1) is 19.8. The van der Waals surface area contributed by atoms with E-state index >= 15 is 0 Å². The lowest BCUT2D eigenvalue weighted by Gasteiger charge is -2.27. The van der Waals surface area contributed by atoms with Crippen molar-refractivity contribution in [3.05, 3.63) is 88.1 Å². The van der Waals surface area contributed by atoms with Crippen molar-refractivity contribution in [2.24, 2.45) is 0 Å². The molecule has 1 aromatic heterocycles. The minimum absolute atomic E-state index is 0.0545. The molecule has 0 fully saturated rings. The number of methoxy groups -OCH3 is 3. The lowest BCUT2D eigenvalue weighted by Crippen LogP contribution is -2.44. The molecule has 10 heteroatoms. The number of amides is 1. The van der Waals surface area contributed by atoms with Gasteiger partial charge in [0.05, 0.1) is 38.8 Å². The molecule has 8 nitrogen and oxygen atoms in total. The Morgan fingerprint density at radius 2 is 1.63 bits per heavy atom. The molecule has 0 saturated carbocycles. The molecule has 1 amide bonds. The number of carbonyl (C=O) groups is 1. The highest BCUT2D eigenvalue weighted by molar-refractivity contribution is 7.89. The SMILES string of the molecule is COCCN(CC(=O)N(CCc1ccc(OC)c(OC)c1)Cc1sccc1C)S(=O)(=O)c1ccc2ccccc2c1. The molecular weight excluding hydrogens is 560 g/mol. The van der Waals surface area contributed by atoms with Gasteiger partial charge in [-0.1, -0.05) is 36.4 Å². The Balaban J connectivity index is 1.59. The predicted octanol–water partition coefficient (Wildman–Crippen LogP) is 5.14. The van der Waals surface area contributed by atoms with Gasteiger partial charge in [-0.15, -0.1) is 11.3 Å². The Morgan fingerprint density at radius 1 is 0.878 bits per heavy atom. The third-order valence-electron chi connectivity index (χ3n) is 6.99. The van der Waals surface area contributed by atoms with Crippen LogP contribution in [0.1, 0.15) is 16.0 Å². The molecule has 41 heavy (non-hydrogen) atoms. The number of hydrogen-bond donors (Lipinski definition) is 0. The second-order valence-electron chi connectivity index (χ2n) is 9.62. The highest BCUT2D eigenvalue weighted by atomic mass is 32.2. The van der Waals surface area contributed by atoms with Crippen molar-refractivity contribution in [1.82, 2.24) is 9.21 Å². The quantitative estimate of drug-likeness (QED) is 0.201. The second kappa shape index (κ2) is 14.0. The van der Waals surface area contributed by atoms with Gasteiger partial charge in [-0.3, -0.25) is 4.79 Å². The van der Waals surface area contributed by atoms with Gasteiger partial charge >= 0.3 is 0 Å². The number of sulfonamides is 1. The van der Waals surface area contributed by atoms with Gasteiger partial charge in [0.1, 0.15) is 0 Å². The molecule has 0 saturated heterocycles. The van der Waals surface area contributed by atoms with Crippen LogP contribution in [0.4, 0.5) is 0 Å². The number of thiophene rings is 1. The Hall–Kier alpha value is -3.44. The molecule has 4 aromatic rings. The minimum atomic E-state index is -3.97. The van der Waals surface area contributed by atoms with E-state index in [1.807, 2.05) is 60.8 Å². The zero-order valence-corrected chi connectivity index (χ0v) is 25.5. The standard InChI is InChI=1S/C31H36N2O6S2/c1-23-14-18-40-30(23)21-32(15-13-24-9-12-28(38-3)29(19-24)39-4)31(34)22-33(16-17-37-2)41(35,36)27-11-10-25-7-5-6-8-26(25)20-27/h5-12,14,18-20H,13,15-17,21-22H2,1-4H3. The highest BCUT2D eigenvalue weighted by Gasteiger charge is 2.29. The van der Waals surface area contributed by atoms with Crippen molar-refractivity contribution in [3.63, 3.8) is 0 Å². The van der Waals surface area contributed by atoms with Crippen LogP contribution < -0.4 is 9.47 Å². The van der Waals surface area contributed by atoms with E-state index in [9.17, 15) is 13.2 Å². The molecule has 0 radical (unpaired) electrons. The highest BCUT2D eigenvalue weighted by Crippen LogP contribution is 2.28. The van der Waals surface area contributed by atoms with Crippen molar-refractivity contribution in [2.75, 3.05) is 47.6 Å². The van der Waals surface area contributed by atoms with Crippen LogP contribution in [-0.4, -0.2) is 71.1 Å². The Labute approximate surface area is 246 Å². The zero-order valence-electron chi connectivity index (χ0n) is 23.8. The molecule has 218 valence electrons. The maximum atomic E-state index is 13.8. The minimum Gasteiger partial charge on any atom is -0.493 e. The predicted molar refractivity (Wildman–Crippen MR) is 162 cm³/mol. The Bertz CT molecular complexity index is 1580. The summed E-state index contributed by atoms with van der Waals surface area (Å²) in [7, 11) is 0.713. The number of benzene rings is 3. The molecule has 0 spiro atoms. The fourth-order valence-electron chi connectivity index (χ4n) is 4.54. The summed E-state index contributed by atoms with van der Waals surface area (Å²) in [5.74, 6) is 0.967. The summed E-state index contributed by atoms with van der Waals surface area (Å²) in [6.07, 6.45) is 0.562. The van der Waals surface area contributed by atoms with Crippen LogP contribution in [0.3, 0.4) is 0 Å². The number of aryl methyl sites for hydroxylation is 1. The summed E-state index contributed by atoms with van der Waals surface area (Å²) < 4.78 is 44.8. The van der Waals surface area contributed by atoms with E-state index in [-0.39, 0.29) is 30.5 Å². The van der Waals surface area contributed by atoms with E-state index in [4.69, 9.17) is 14.2 Å². The number of rotatable bonds is 14. The average Bonchev–Trinajstić information content (AvgIpc) is 3.40. The van der Waals surface area contributed by atoms with Gasteiger partial charge in [0.2, 0.25) is 15.9 Å². The molecule has 0 bridgehead atoms. The summed E-state index contributed by atoms with van der Waals surface area (Å²) in [5, 5.41) is 3.76. The van der Waals surface area contributed by atoms with E-state index in [0.29, 0.717) is 31.0 Å². The number of nitrogens with zero attached hydrogens (tertiary/aromatic N) is 2. The average molecular weight is 597 g/mol. The maximum Gasteiger partial charge on any atom is 0.243 e. The maximum absolute atomic E-state index is 13.8. The Kier molecular flexibility index (Phi) is 10.4. The monoisotopic (exact) mass is 596 g/mol. The van der Waals surface area contributed by atoms with Crippen molar-refractivity contribution in [2.45, 2.75) is 24.8 Å². The van der Waals surface area contributed by atoms with Gasteiger partial charge in [0, 0.05) is 25.1 Å². The van der Waals surface area contributed by atoms with Crippen molar-refractivity contribution < 1.29 is 27.4 Å². The largest absolute Gasteiger partial charge is 0.493 e. The fraction of sp³-hybridized carbons (Fsp3) is 0.323. The lowest BCUT2D eigenvalue weighted by atomic mass is 10.1. The topological polar surface area (TPSA) is 85.4 Å². The molecule has 0 aliphatic carbocycles. The van der Waals surface area contributed by atoms with Crippen LogP contribution in [0.2, 0.25) is 0 Å². The van der Waals surface area contributed by atoms with Crippen molar-refractivity contribution in [1.29, 1.82) is 0 Å². The van der Waals surface area contributed by atoms with E-state index in [0.717, 1.165) is 26.8 Å². The summed E-state index contributed by atoms with van der Waals surface area (Å²) >= 11 is 1.58. The molecule has 0 aliphatic rings. The number of carbonyl (C=O) groups excluding carboxylic acids is 1. The summed E-state index contributed by atoms with van der Waals surface area (Å²) in [5.41, 5.74) is 2.07. The third kappa shape index (κ3) is 7.45.